The number of carbonyl (C=O) groups is 1. The molecule has 0 aliphatic rings. The first-order valence-corrected chi connectivity index (χ1v) is 5.71. The van der Waals surface area contributed by atoms with Crippen LogP contribution in [0.1, 0.15) is 20.8 Å². The lowest BCUT2D eigenvalue weighted by Gasteiger charge is -2.25. The standard InChI is InChI=1S/C10H14Cl2N4O/c1-10(2,3)6(13)9(17)16-5-7(11)14-4-15-8(5)12/h4,6H,13H2,1-3H3,(H,16,17). The van der Waals surface area contributed by atoms with E-state index in [4.69, 9.17) is 28.9 Å². The Kier molecular flexibility index (Phi) is 4.30. The number of nitrogens with two attached hydrogens (primary N) is 1. The molecule has 0 bridgehead atoms. The van der Waals surface area contributed by atoms with E-state index in [0.29, 0.717) is 0 Å². The number of carbonyl (C=O) groups excluding carboxylic acids is 1. The van der Waals surface area contributed by atoms with Crippen molar-refractivity contribution in [3.8, 4) is 0 Å². The molecule has 1 aromatic rings. The summed E-state index contributed by atoms with van der Waals surface area (Å²) in [4.78, 5) is 19.3. The van der Waals surface area contributed by atoms with Gasteiger partial charge in [0.1, 0.15) is 12.0 Å². The lowest BCUT2D eigenvalue weighted by atomic mass is 9.87. The Hall–Kier alpha value is -0.910. The van der Waals surface area contributed by atoms with Gasteiger partial charge in [0.25, 0.3) is 0 Å². The molecule has 0 aliphatic heterocycles. The first-order valence-electron chi connectivity index (χ1n) is 4.96. The molecular weight excluding hydrogens is 263 g/mol. The second-order valence-electron chi connectivity index (χ2n) is 4.66. The van der Waals surface area contributed by atoms with E-state index < -0.39 is 6.04 Å². The number of amides is 1. The fourth-order valence-corrected chi connectivity index (χ4v) is 1.45. The smallest absolute Gasteiger partial charge is 0.241 e. The molecule has 0 saturated carbocycles. The normalized spacial score (nSPS) is 13.3. The Morgan fingerprint density at radius 3 is 2.24 bits per heavy atom. The van der Waals surface area contributed by atoms with Crippen LogP contribution in [0.4, 0.5) is 5.69 Å². The van der Waals surface area contributed by atoms with E-state index in [1.165, 1.54) is 6.33 Å². The molecule has 0 saturated heterocycles. The van der Waals surface area contributed by atoms with Gasteiger partial charge in [0.15, 0.2) is 10.3 Å². The van der Waals surface area contributed by atoms with Crippen LogP contribution in [0.25, 0.3) is 0 Å². The highest BCUT2D eigenvalue weighted by molar-refractivity contribution is 6.38. The summed E-state index contributed by atoms with van der Waals surface area (Å²) < 4.78 is 0. The summed E-state index contributed by atoms with van der Waals surface area (Å²) >= 11 is 11.6. The fourth-order valence-electron chi connectivity index (χ4n) is 1.04. The van der Waals surface area contributed by atoms with Crippen LogP contribution in [0.3, 0.4) is 0 Å². The number of nitrogens with one attached hydrogen (secondary N) is 1. The SMILES string of the molecule is CC(C)(C)C(N)C(=O)Nc1c(Cl)ncnc1Cl. The van der Waals surface area contributed by atoms with Gasteiger partial charge in [-0.05, 0) is 5.41 Å². The Labute approximate surface area is 110 Å². The minimum Gasteiger partial charge on any atom is -0.320 e. The molecule has 1 heterocycles. The predicted molar refractivity (Wildman–Crippen MR) is 68.1 cm³/mol. The third-order valence-electron chi connectivity index (χ3n) is 2.22. The van der Waals surface area contributed by atoms with E-state index in [0.717, 1.165) is 0 Å². The molecule has 0 aliphatic carbocycles. The minimum atomic E-state index is -0.685. The van der Waals surface area contributed by atoms with Crippen molar-refractivity contribution in [2.24, 2.45) is 11.1 Å². The van der Waals surface area contributed by atoms with Crippen molar-refractivity contribution < 1.29 is 4.79 Å². The maximum atomic E-state index is 11.9. The van der Waals surface area contributed by atoms with E-state index in [9.17, 15) is 4.79 Å². The van der Waals surface area contributed by atoms with Gasteiger partial charge in [-0.3, -0.25) is 4.79 Å². The molecule has 0 radical (unpaired) electrons. The van der Waals surface area contributed by atoms with Crippen molar-refractivity contribution in [1.82, 2.24) is 9.97 Å². The van der Waals surface area contributed by atoms with E-state index in [2.05, 4.69) is 15.3 Å². The minimum absolute atomic E-state index is 0.0828. The quantitative estimate of drug-likeness (QED) is 0.811. The van der Waals surface area contributed by atoms with Crippen LogP contribution in [0.2, 0.25) is 10.3 Å². The molecule has 17 heavy (non-hydrogen) atoms. The number of halogens is 2. The summed E-state index contributed by atoms with van der Waals surface area (Å²) in [6, 6.07) is -0.685. The highest BCUT2D eigenvalue weighted by Gasteiger charge is 2.28. The van der Waals surface area contributed by atoms with Gasteiger partial charge in [-0.1, -0.05) is 44.0 Å². The summed E-state index contributed by atoms with van der Waals surface area (Å²) in [5.41, 5.74) is 5.62. The maximum Gasteiger partial charge on any atom is 0.241 e. The van der Waals surface area contributed by atoms with Crippen LogP contribution >= 0.6 is 23.2 Å². The monoisotopic (exact) mass is 276 g/mol. The molecule has 1 unspecified atom stereocenters. The van der Waals surface area contributed by atoms with Crippen molar-refractivity contribution in [2.45, 2.75) is 26.8 Å². The van der Waals surface area contributed by atoms with Crippen LogP contribution in [0.5, 0.6) is 0 Å². The van der Waals surface area contributed by atoms with Gasteiger partial charge in [0.2, 0.25) is 5.91 Å². The molecule has 0 spiro atoms. The zero-order chi connectivity index (χ0) is 13.2. The largest absolute Gasteiger partial charge is 0.320 e. The van der Waals surface area contributed by atoms with Crippen LogP contribution in [0.15, 0.2) is 6.33 Å². The van der Waals surface area contributed by atoms with E-state index >= 15 is 0 Å². The van der Waals surface area contributed by atoms with Gasteiger partial charge in [0.05, 0.1) is 6.04 Å². The molecule has 5 nitrogen and oxygen atoms in total. The summed E-state index contributed by atoms with van der Waals surface area (Å²) in [6.07, 6.45) is 1.21. The van der Waals surface area contributed by atoms with Gasteiger partial charge in [0, 0.05) is 0 Å². The Bertz CT molecular complexity index is 411. The third kappa shape index (κ3) is 3.52. The van der Waals surface area contributed by atoms with Crippen LogP contribution in [-0.2, 0) is 4.79 Å². The van der Waals surface area contributed by atoms with Gasteiger partial charge in [-0.15, -0.1) is 0 Å². The first kappa shape index (κ1) is 14.2. The zero-order valence-corrected chi connectivity index (χ0v) is 11.3. The number of nitrogens with zero attached hydrogens (tertiary/aromatic N) is 2. The van der Waals surface area contributed by atoms with E-state index in [-0.39, 0.29) is 27.3 Å². The summed E-state index contributed by atoms with van der Waals surface area (Å²) in [5, 5.41) is 2.70. The second kappa shape index (κ2) is 5.16. The van der Waals surface area contributed by atoms with Gasteiger partial charge in [-0.25, -0.2) is 9.97 Å². The molecule has 7 heteroatoms. The molecule has 1 atom stereocenters. The number of hydrogen-bond donors (Lipinski definition) is 2. The maximum absolute atomic E-state index is 11.9. The van der Waals surface area contributed by atoms with Gasteiger partial charge < -0.3 is 11.1 Å². The molecule has 94 valence electrons. The molecule has 1 rings (SSSR count). The first-order chi connectivity index (χ1) is 7.73. The van der Waals surface area contributed by atoms with E-state index in [1.54, 1.807) is 0 Å². The van der Waals surface area contributed by atoms with E-state index in [1.807, 2.05) is 20.8 Å². The number of aromatic nitrogens is 2. The predicted octanol–water partition coefficient (Wildman–Crippen LogP) is 2.10. The van der Waals surface area contributed by atoms with Crippen LogP contribution in [0, 0.1) is 5.41 Å². The Morgan fingerprint density at radius 1 is 1.35 bits per heavy atom. The highest BCUT2D eigenvalue weighted by atomic mass is 35.5. The van der Waals surface area contributed by atoms with Crippen molar-refractivity contribution in [3.05, 3.63) is 16.6 Å². The lowest BCUT2D eigenvalue weighted by Crippen LogP contribution is -2.45. The summed E-state index contributed by atoms with van der Waals surface area (Å²) in [7, 11) is 0. The Morgan fingerprint density at radius 2 is 1.82 bits per heavy atom. The fraction of sp³-hybridized carbons (Fsp3) is 0.500. The third-order valence-corrected chi connectivity index (χ3v) is 2.79. The average Bonchev–Trinajstić information content (AvgIpc) is 2.21. The summed E-state index contributed by atoms with van der Waals surface area (Å²) in [6.45, 7) is 5.59. The van der Waals surface area contributed by atoms with Gasteiger partial charge in [-0.2, -0.15) is 0 Å². The highest BCUT2D eigenvalue weighted by Crippen LogP contribution is 2.27. The average molecular weight is 277 g/mol. The topological polar surface area (TPSA) is 80.9 Å². The number of anilines is 1. The van der Waals surface area contributed by atoms with Crippen molar-refractivity contribution >= 4 is 34.8 Å². The molecular formula is C10H14Cl2N4O. The van der Waals surface area contributed by atoms with Crippen molar-refractivity contribution in [2.75, 3.05) is 5.32 Å². The van der Waals surface area contributed by atoms with Crippen LogP contribution < -0.4 is 11.1 Å². The van der Waals surface area contributed by atoms with Crippen molar-refractivity contribution in [1.29, 1.82) is 0 Å². The number of rotatable bonds is 2. The number of hydrogen-bond acceptors (Lipinski definition) is 4. The molecule has 1 aromatic heterocycles. The molecule has 0 fully saturated rings. The van der Waals surface area contributed by atoms with Crippen molar-refractivity contribution in [3.63, 3.8) is 0 Å². The molecule has 1 amide bonds. The molecule has 3 N–H and O–H groups in total. The molecule has 0 aromatic carbocycles. The Balaban J connectivity index is 2.89. The zero-order valence-electron chi connectivity index (χ0n) is 9.79. The van der Waals surface area contributed by atoms with Crippen LogP contribution in [-0.4, -0.2) is 21.9 Å². The van der Waals surface area contributed by atoms with Gasteiger partial charge >= 0.3 is 0 Å². The second-order valence-corrected chi connectivity index (χ2v) is 5.38. The lowest BCUT2D eigenvalue weighted by molar-refractivity contribution is -0.119. The summed E-state index contributed by atoms with van der Waals surface area (Å²) in [5.74, 6) is -0.379.